The van der Waals surface area contributed by atoms with Gasteiger partial charge in [-0.25, -0.2) is 4.39 Å². The molecule has 0 spiro atoms. The molecule has 0 atom stereocenters. The Morgan fingerprint density at radius 3 is 2.32 bits per heavy atom. The van der Waals surface area contributed by atoms with Gasteiger partial charge < -0.3 is 9.72 Å². The molecule has 0 saturated carbocycles. The molecule has 0 aliphatic heterocycles. The third-order valence-corrected chi connectivity index (χ3v) is 2.55. The average molecular weight is 273 g/mol. The van der Waals surface area contributed by atoms with Crippen LogP contribution in [-0.2, 0) is 0 Å². The fraction of sp³-hybridized carbons (Fsp3) is 0.429. The van der Waals surface area contributed by atoms with Gasteiger partial charge in [0.2, 0.25) is 0 Å². The van der Waals surface area contributed by atoms with Crippen LogP contribution in [0.3, 0.4) is 0 Å². The summed E-state index contributed by atoms with van der Waals surface area (Å²) in [5, 5.41) is 0.270. The van der Waals surface area contributed by atoms with E-state index in [1.165, 1.54) is 18.2 Å². The van der Waals surface area contributed by atoms with Crippen molar-refractivity contribution in [1.82, 2.24) is 4.98 Å². The standard InChI is InChI=1S/C12H12F3NO.C2H6/c1-6(2)10-9(13)7-4-3-5-8(11(7)16-10)17-12(14)15;1-2/h3-6,12,16H,1-2H3;1-2H3. The van der Waals surface area contributed by atoms with Crippen molar-refractivity contribution in [2.45, 2.75) is 40.2 Å². The summed E-state index contributed by atoms with van der Waals surface area (Å²) in [4.78, 5) is 2.80. The first-order valence-corrected chi connectivity index (χ1v) is 6.25. The second kappa shape index (κ2) is 6.50. The van der Waals surface area contributed by atoms with Crippen LogP contribution in [0.15, 0.2) is 18.2 Å². The van der Waals surface area contributed by atoms with Crippen LogP contribution < -0.4 is 4.74 Å². The van der Waals surface area contributed by atoms with Crippen molar-refractivity contribution >= 4 is 10.9 Å². The van der Waals surface area contributed by atoms with E-state index < -0.39 is 12.4 Å². The molecule has 0 saturated heterocycles. The first kappa shape index (κ1) is 15.4. The van der Waals surface area contributed by atoms with Gasteiger partial charge in [-0.2, -0.15) is 8.78 Å². The lowest BCUT2D eigenvalue weighted by atomic mass is 10.1. The van der Waals surface area contributed by atoms with E-state index >= 15 is 0 Å². The number of halogens is 3. The number of fused-ring (bicyclic) bond motifs is 1. The van der Waals surface area contributed by atoms with E-state index in [0.717, 1.165) is 0 Å². The molecule has 2 rings (SSSR count). The number of ether oxygens (including phenoxy) is 1. The number of aromatic nitrogens is 1. The number of para-hydroxylation sites is 1. The quantitative estimate of drug-likeness (QED) is 0.830. The Hall–Kier alpha value is -1.65. The first-order chi connectivity index (χ1) is 9.00. The summed E-state index contributed by atoms with van der Waals surface area (Å²) in [5.41, 5.74) is 0.666. The summed E-state index contributed by atoms with van der Waals surface area (Å²) in [7, 11) is 0. The molecule has 0 aliphatic carbocycles. The monoisotopic (exact) mass is 273 g/mol. The third-order valence-electron chi connectivity index (χ3n) is 2.55. The van der Waals surface area contributed by atoms with Crippen molar-refractivity contribution in [1.29, 1.82) is 0 Å². The van der Waals surface area contributed by atoms with Gasteiger partial charge in [0.25, 0.3) is 0 Å². The van der Waals surface area contributed by atoms with E-state index in [9.17, 15) is 13.2 Å². The second-order valence-corrected chi connectivity index (χ2v) is 4.06. The highest BCUT2D eigenvalue weighted by molar-refractivity contribution is 5.86. The number of hydrogen-bond donors (Lipinski definition) is 1. The molecule has 19 heavy (non-hydrogen) atoms. The smallest absolute Gasteiger partial charge is 0.387 e. The Kier molecular flexibility index (Phi) is 5.27. The SMILES string of the molecule is CC.CC(C)c1[nH]c2c(OC(F)F)cccc2c1F. The lowest BCUT2D eigenvalue weighted by Crippen LogP contribution is -2.02. The van der Waals surface area contributed by atoms with E-state index in [-0.39, 0.29) is 22.6 Å². The molecule has 106 valence electrons. The minimum atomic E-state index is -2.92. The fourth-order valence-corrected chi connectivity index (χ4v) is 1.77. The molecule has 0 aliphatic rings. The summed E-state index contributed by atoms with van der Waals surface area (Å²) in [6.07, 6.45) is 0. The van der Waals surface area contributed by atoms with E-state index in [1.807, 2.05) is 27.7 Å². The molecular weight excluding hydrogens is 255 g/mol. The summed E-state index contributed by atoms with van der Waals surface area (Å²) < 4.78 is 42.6. The van der Waals surface area contributed by atoms with Crippen LogP contribution in [0.5, 0.6) is 5.75 Å². The molecule has 0 bridgehead atoms. The highest BCUT2D eigenvalue weighted by Gasteiger charge is 2.17. The van der Waals surface area contributed by atoms with Crippen LogP contribution >= 0.6 is 0 Å². The van der Waals surface area contributed by atoms with Crippen molar-refractivity contribution in [3.63, 3.8) is 0 Å². The van der Waals surface area contributed by atoms with Crippen LogP contribution in [0.25, 0.3) is 10.9 Å². The number of nitrogens with one attached hydrogen (secondary N) is 1. The highest BCUT2D eigenvalue weighted by atomic mass is 19.3. The summed E-state index contributed by atoms with van der Waals surface area (Å²) in [5.74, 6) is -0.500. The maximum Gasteiger partial charge on any atom is 0.387 e. The molecule has 1 heterocycles. The Bertz CT molecular complexity index is 535. The Balaban J connectivity index is 0.000000861. The van der Waals surface area contributed by atoms with E-state index in [4.69, 9.17) is 0 Å². The molecule has 2 nitrogen and oxygen atoms in total. The van der Waals surface area contributed by atoms with Gasteiger partial charge in [0.05, 0.1) is 11.2 Å². The summed E-state index contributed by atoms with van der Waals surface area (Å²) in [6, 6.07) is 4.40. The zero-order valence-corrected chi connectivity index (χ0v) is 11.4. The largest absolute Gasteiger partial charge is 0.433 e. The molecule has 0 radical (unpaired) electrons. The number of rotatable bonds is 3. The van der Waals surface area contributed by atoms with Crippen LogP contribution in [0.2, 0.25) is 0 Å². The van der Waals surface area contributed by atoms with Gasteiger partial charge in [-0.15, -0.1) is 0 Å². The third kappa shape index (κ3) is 3.22. The Morgan fingerprint density at radius 2 is 1.79 bits per heavy atom. The maximum absolute atomic E-state index is 13.9. The maximum atomic E-state index is 13.9. The number of aromatic amines is 1. The lowest BCUT2D eigenvalue weighted by molar-refractivity contribution is -0.0489. The summed E-state index contributed by atoms with van der Waals surface area (Å²) >= 11 is 0. The van der Waals surface area contributed by atoms with Crippen molar-refractivity contribution in [3.05, 3.63) is 29.7 Å². The van der Waals surface area contributed by atoms with Crippen molar-refractivity contribution < 1.29 is 17.9 Å². The van der Waals surface area contributed by atoms with Crippen LogP contribution in [0.4, 0.5) is 13.2 Å². The number of hydrogen-bond acceptors (Lipinski definition) is 1. The lowest BCUT2D eigenvalue weighted by Gasteiger charge is -2.04. The minimum Gasteiger partial charge on any atom is -0.433 e. The van der Waals surface area contributed by atoms with Gasteiger partial charge in [0.1, 0.15) is 5.75 Å². The van der Waals surface area contributed by atoms with Crippen molar-refractivity contribution in [2.75, 3.05) is 0 Å². The summed E-state index contributed by atoms with van der Waals surface area (Å²) in [6.45, 7) is 4.72. The van der Waals surface area contributed by atoms with E-state index in [2.05, 4.69) is 9.72 Å². The molecule has 5 heteroatoms. The number of benzene rings is 1. The van der Waals surface area contributed by atoms with Gasteiger partial charge in [0.15, 0.2) is 5.82 Å². The van der Waals surface area contributed by atoms with Crippen molar-refractivity contribution in [2.24, 2.45) is 0 Å². The average Bonchev–Trinajstić information content (AvgIpc) is 2.70. The van der Waals surface area contributed by atoms with Crippen LogP contribution in [-0.4, -0.2) is 11.6 Å². The van der Waals surface area contributed by atoms with E-state index in [0.29, 0.717) is 5.69 Å². The molecule has 1 aromatic heterocycles. The predicted molar refractivity (Wildman–Crippen MR) is 70.3 cm³/mol. The van der Waals surface area contributed by atoms with Gasteiger partial charge >= 0.3 is 6.61 Å². The zero-order chi connectivity index (χ0) is 14.6. The molecule has 0 fully saturated rings. The first-order valence-electron chi connectivity index (χ1n) is 6.25. The molecular formula is C14H18F3NO. The molecule has 0 unspecified atom stereocenters. The van der Waals surface area contributed by atoms with E-state index in [1.54, 1.807) is 0 Å². The fourth-order valence-electron chi connectivity index (χ4n) is 1.77. The molecule has 1 aromatic carbocycles. The second-order valence-electron chi connectivity index (χ2n) is 4.06. The van der Waals surface area contributed by atoms with Crippen LogP contribution in [0, 0.1) is 5.82 Å². The number of H-pyrrole nitrogens is 1. The minimum absolute atomic E-state index is 0.0386. The van der Waals surface area contributed by atoms with Crippen molar-refractivity contribution in [3.8, 4) is 5.75 Å². The number of alkyl halides is 2. The van der Waals surface area contributed by atoms with Gasteiger partial charge in [0, 0.05) is 5.39 Å². The van der Waals surface area contributed by atoms with Crippen LogP contribution in [0.1, 0.15) is 39.3 Å². The molecule has 1 N–H and O–H groups in total. The molecule has 2 aromatic rings. The Labute approximate surface area is 110 Å². The van der Waals surface area contributed by atoms with Gasteiger partial charge in [-0.3, -0.25) is 0 Å². The van der Waals surface area contributed by atoms with Gasteiger partial charge in [-0.1, -0.05) is 33.8 Å². The normalized spacial score (nSPS) is 10.8. The topological polar surface area (TPSA) is 25.0 Å². The predicted octanol–water partition coefficient (Wildman–Crippen LogP) is 5.06. The Morgan fingerprint density at radius 1 is 1.16 bits per heavy atom. The van der Waals surface area contributed by atoms with Gasteiger partial charge in [-0.05, 0) is 18.1 Å². The zero-order valence-electron chi connectivity index (χ0n) is 11.4. The highest BCUT2D eigenvalue weighted by Crippen LogP contribution is 2.32. The molecule has 0 amide bonds.